The third-order valence-corrected chi connectivity index (χ3v) is 2.17. The molecule has 0 aromatic carbocycles. The third-order valence-electron chi connectivity index (χ3n) is 2.17. The summed E-state index contributed by atoms with van der Waals surface area (Å²) in [4.78, 5) is 27.1. The number of aryl methyl sites for hydroxylation is 1. The summed E-state index contributed by atoms with van der Waals surface area (Å²) in [5.74, 6) is -0.671. The van der Waals surface area contributed by atoms with Gasteiger partial charge in [0.05, 0.1) is 6.54 Å². The Morgan fingerprint density at radius 3 is 2.63 bits per heavy atom. The van der Waals surface area contributed by atoms with E-state index in [1.165, 1.54) is 12.7 Å². The van der Waals surface area contributed by atoms with Crippen molar-refractivity contribution in [1.82, 2.24) is 20.1 Å². The molecule has 7 nitrogen and oxygen atoms in total. The van der Waals surface area contributed by atoms with Crippen molar-refractivity contribution in [2.75, 3.05) is 0 Å². The molecule has 0 unspecified atom stereocenters. The quantitative estimate of drug-likeness (QED) is 0.786. The van der Waals surface area contributed by atoms with E-state index < -0.39 is 17.6 Å². The van der Waals surface area contributed by atoms with Gasteiger partial charge in [-0.25, -0.2) is 9.78 Å². The monoisotopic (exact) mass is 268 g/mol. The zero-order valence-corrected chi connectivity index (χ0v) is 11.7. The lowest BCUT2D eigenvalue weighted by Crippen LogP contribution is -2.42. The Hall–Kier alpha value is -1.92. The molecule has 0 saturated carbocycles. The lowest BCUT2D eigenvalue weighted by atomic mass is 10.2. The van der Waals surface area contributed by atoms with Crippen LogP contribution in [0.25, 0.3) is 0 Å². The molecule has 0 radical (unpaired) electrons. The Labute approximate surface area is 112 Å². The summed E-state index contributed by atoms with van der Waals surface area (Å²) >= 11 is 0. The highest BCUT2D eigenvalue weighted by molar-refractivity contribution is 5.84. The van der Waals surface area contributed by atoms with Crippen molar-refractivity contribution in [1.29, 1.82) is 0 Å². The first kappa shape index (κ1) is 15.1. The third kappa shape index (κ3) is 5.98. The first-order valence-corrected chi connectivity index (χ1v) is 6.12. The molecule has 0 aliphatic heterocycles. The summed E-state index contributed by atoms with van der Waals surface area (Å²) in [7, 11) is 0. The van der Waals surface area contributed by atoms with Crippen molar-refractivity contribution < 1.29 is 14.3 Å². The number of hydrogen-bond acceptors (Lipinski definition) is 5. The van der Waals surface area contributed by atoms with Crippen LogP contribution >= 0.6 is 0 Å². The number of carbonyl (C=O) groups is 2. The van der Waals surface area contributed by atoms with E-state index in [-0.39, 0.29) is 12.3 Å². The van der Waals surface area contributed by atoms with E-state index in [1.54, 1.807) is 32.4 Å². The second-order valence-electron chi connectivity index (χ2n) is 5.23. The Morgan fingerprint density at radius 1 is 1.42 bits per heavy atom. The van der Waals surface area contributed by atoms with Crippen molar-refractivity contribution in [3.63, 3.8) is 0 Å². The molecule has 0 spiro atoms. The molecule has 19 heavy (non-hydrogen) atoms. The van der Waals surface area contributed by atoms with Gasteiger partial charge < -0.3 is 10.1 Å². The van der Waals surface area contributed by atoms with Crippen LogP contribution in [0, 0.1) is 0 Å². The van der Waals surface area contributed by atoms with Crippen molar-refractivity contribution >= 4 is 11.9 Å². The van der Waals surface area contributed by atoms with E-state index in [0.717, 1.165) is 0 Å². The second-order valence-corrected chi connectivity index (χ2v) is 5.23. The van der Waals surface area contributed by atoms with Crippen LogP contribution in [0.5, 0.6) is 0 Å². The number of amides is 1. The van der Waals surface area contributed by atoms with Crippen LogP contribution in [0.3, 0.4) is 0 Å². The molecule has 1 amide bonds. The fraction of sp³-hybridized carbons (Fsp3) is 0.667. The van der Waals surface area contributed by atoms with Gasteiger partial charge in [0.25, 0.3) is 0 Å². The van der Waals surface area contributed by atoms with Gasteiger partial charge in [-0.2, -0.15) is 5.10 Å². The Morgan fingerprint density at radius 2 is 2.11 bits per heavy atom. The van der Waals surface area contributed by atoms with Gasteiger partial charge in [-0.1, -0.05) is 0 Å². The maximum Gasteiger partial charge on any atom is 0.328 e. The van der Waals surface area contributed by atoms with Gasteiger partial charge in [0, 0.05) is 6.42 Å². The van der Waals surface area contributed by atoms with Gasteiger partial charge in [-0.05, 0) is 27.7 Å². The molecule has 0 aliphatic carbocycles. The number of hydrogen-bond donors (Lipinski definition) is 1. The highest BCUT2D eigenvalue weighted by atomic mass is 16.6. The Bertz CT molecular complexity index is 423. The van der Waals surface area contributed by atoms with Crippen LogP contribution in [-0.2, 0) is 20.9 Å². The molecule has 0 saturated heterocycles. The van der Waals surface area contributed by atoms with Crippen LogP contribution in [0.2, 0.25) is 0 Å². The molecular weight excluding hydrogens is 248 g/mol. The average molecular weight is 268 g/mol. The number of ether oxygens (including phenoxy) is 1. The normalized spacial score (nSPS) is 12.8. The van der Waals surface area contributed by atoms with E-state index in [4.69, 9.17) is 4.74 Å². The maximum atomic E-state index is 11.7. The minimum Gasteiger partial charge on any atom is -0.458 e. The summed E-state index contributed by atoms with van der Waals surface area (Å²) in [5, 5.41) is 6.47. The predicted octanol–water partition coefficient (Wildman–Crippen LogP) is 0.515. The van der Waals surface area contributed by atoms with Crippen LogP contribution < -0.4 is 5.32 Å². The minimum atomic E-state index is -0.664. The van der Waals surface area contributed by atoms with Gasteiger partial charge >= 0.3 is 5.97 Å². The van der Waals surface area contributed by atoms with E-state index in [0.29, 0.717) is 6.54 Å². The molecule has 1 heterocycles. The molecular formula is C12H20N4O3. The molecule has 1 N–H and O–H groups in total. The highest BCUT2D eigenvalue weighted by Crippen LogP contribution is 2.08. The van der Waals surface area contributed by atoms with Gasteiger partial charge in [-0.3, -0.25) is 9.48 Å². The molecule has 1 aromatic heterocycles. The Kier molecular flexibility index (Phi) is 5.02. The van der Waals surface area contributed by atoms with Crippen molar-refractivity contribution in [2.45, 2.75) is 52.3 Å². The van der Waals surface area contributed by atoms with Crippen molar-refractivity contribution in [3.05, 3.63) is 12.7 Å². The first-order chi connectivity index (χ1) is 8.78. The SMILES string of the molecule is C[C@@H](NC(=O)CCn1cncn1)C(=O)OC(C)(C)C. The van der Waals surface area contributed by atoms with E-state index in [2.05, 4.69) is 15.4 Å². The van der Waals surface area contributed by atoms with Crippen molar-refractivity contribution in [3.8, 4) is 0 Å². The predicted molar refractivity (Wildman–Crippen MR) is 68.1 cm³/mol. The largest absolute Gasteiger partial charge is 0.458 e. The zero-order valence-electron chi connectivity index (χ0n) is 11.7. The number of nitrogens with one attached hydrogen (secondary N) is 1. The number of aromatic nitrogens is 3. The van der Waals surface area contributed by atoms with E-state index >= 15 is 0 Å². The van der Waals surface area contributed by atoms with E-state index in [9.17, 15) is 9.59 Å². The first-order valence-electron chi connectivity index (χ1n) is 6.12. The number of esters is 1. The summed E-state index contributed by atoms with van der Waals surface area (Å²) in [6, 6.07) is -0.664. The molecule has 0 aliphatic rings. The van der Waals surface area contributed by atoms with Gasteiger partial charge in [0.2, 0.25) is 5.91 Å². The van der Waals surface area contributed by atoms with Gasteiger partial charge in [-0.15, -0.1) is 0 Å². The molecule has 1 rings (SSSR count). The molecule has 1 aromatic rings. The lowest BCUT2D eigenvalue weighted by Gasteiger charge is -2.22. The maximum absolute atomic E-state index is 11.7. The second kappa shape index (κ2) is 6.31. The van der Waals surface area contributed by atoms with Crippen LogP contribution in [0.1, 0.15) is 34.1 Å². The zero-order chi connectivity index (χ0) is 14.5. The topological polar surface area (TPSA) is 86.1 Å². The average Bonchev–Trinajstić information content (AvgIpc) is 2.76. The summed E-state index contributed by atoms with van der Waals surface area (Å²) in [5.41, 5.74) is -0.559. The summed E-state index contributed by atoms with van der Waals surface area (Å²) in [6.45, 7) is 7.37. The van der Waals surface area contributed by atoms with Crippen LogP contribution in [0.15, 0.2) is 12.7 Å². The summed E-state index contributed by atoms with van der Waals surface area (Å²) in [6.07, 6.45) is 3.17. The van der Waals surface area contributed by atoms with E-state index in [1.807, 2.05) is 0 Å². The van der Waals surface area contributed by atoms with Crippen LogP contribution in [-0.4, -0.2) is 38.3 Å². The fourth-order valence-corrected chi connectivity index (χ4v) is 1.33. The minimum absolute atomic E-state index is 0.228. The lowest BCUT2D eigenvalue weighted by molar-refractivity contribution is -0.158. The van der Waals surface area contributed by atoms with Gasteiger partial charge in [0.1, 0.15) is 24.3 Å². The number of carbonyl (C=O) groups excluding carboxylic acids is 2. The number of nitrogens with zero attached hydrogens (tertiary/aromatic N) is 3. The summed E-state index contributed by atoms with van der Waals surface area (Å²) < 4.78 is 6.72. The Balaban J connectivity index is 2.33. The molecule has 1 atom stereocenters. The van der Waals surface area contributed by atoms with Crippen molar-refractivity contribution in [2.24, 2.45) is 0 Å². The van der Waals surface area contributed by atoms with Crippen LogP contribution in [0.4, 0.5) is 0 Å². The highest BCUT2D eigenvalue weighted by Gasteiger charge is 2.22. The number of rotatable bonds is 5. The molecule has 7 heteroatoms. The molecule has 106 valence electrons. The fourth-order valence-electron chi connectivity index (χ4n) is 1.33. The molecule has 0 bridgehead atoms. The standard InChI is InChI=1S/C12H20N4O3/c1-9(11(18)19-12(2,3)4)15-10(17)5-6-16-8-13-7-14-16/h7-9H,5-6H2,1-4H3,(H,15,17)/t9-/m1/s1. The molecule has 0 fully saturated rings. The van der Waals surface area contributed by atoms with Gasteiger partial charge in [0.15, 0.2) is 0 Å². The smallest absolute Gasteiger partial charge is 0.328 e.